The van der Waals surface area contributed by atoms with E-state index in [9.17, 15) is 4.79 Å². The molecule has 1 atom stereocenters. The Balaban J connectivity index is 1.34. The van der Waals surface area contributed by atoms with Crippen molar-refractivity contribution in [3.63, 3.8) is 0 Å². The Morgan fingerprint density at radius 3 is 2.50 bits per heavy atom. The van der Waals surface area contributed by atoms with E-state index in [1.807, 2.05) is 56.5 Å². The molecule has 32 heavy (non-hydrogen) atoms. The van der Waals surface area contributed by atoms with Gasteiger partial charge in [0.2, 0.25) is 5.91 Å². The van der Waals surface area contributed by atoms with Gasteiger partial charge in [0.25, 0.3) is 0 Å². The quantitative estimate of drug-likeness (QED) is 0.585. The molecule has 164 valence electrons. The van der Waals surface area contributed by atoms with Crippen molar-refractivity contribution in [1.29, 1.82) is 0 Å². The lowest BCUT2D eigenvalue weighted by Crippen LogP contribution is -2.46. The number of nitrogens with zero attached hydrogens (tertiary/aromatic N) is 3. The second-order valence-corrected chi connectivity index (χ2v) is 8.23. The molecular formula is C27H30N4O. The zero-order valence-electron chi connectivity index (χ0n) is 18.7. The highest BCUT2D eigenvalue weighted by Gasteiger charge is 2.19. The number of hydrogen-bond acceptors (Lipinski definition) is 4. The van der Waals surface area contributed by atoms with Gasteiger partial charge in [0.15, 0.2) is 0 Å². The first kappa shape index (κ1) is 21.6. The SMILES string of the molecule is Cc1cccc(/C=C/C(=O)NC(C)c2cccc(N3CCN(c4ccccn4)CC3)c2)c1. The molecule has 1 N–H and O–H groups in total. The van der Waals surface area contributed by atoms with Gasteiger partial charge in [-0.15, -0.1) is 0 Å². The van der Waals surface area contributed by atoms with Gasteiger partial charge >= 0.3 is 0 Å². The van der Waals surface area contributed by atoms with Crippen molar-refractivity contribution in [3.05, 3.63) is 95.7 Å². The summed E-state index contributed by atoms with van der Waals surface area (Å²) < 4.78 is 0. The Kier molecular flexibility index (Phi) is 6.85. The average molecular weight is 427 g/mol. The fraction of sp³-hybridized carbons (Fsp3) is 0.259. The maximum absolute atomic E-state index is 12.4. The van der Waals surface area contributed by atoms with Crippen LogP contribution < -0.4 is 15.1 Å². The van der Waals surface area contributed by atoms with E-state index in [2.05, 4.69) is 56.5 Å². The first-order chi connectivity index (χ1) is 15.6. The molecule has 0 bridgehead atoms. The first-order valence-corrected chi connectivity index (χ1v) is 11.1. The summed E-state index contributed by atoms with van der Waals surface area (Å²) in [5.74, 6) is 0.948. The van der Waals surface area contributed by atoms with E-state index < -0.39 is 0 Å². The number of anilines is 2. The lowest BCUT2D eigenvalue weighted by atomic mass is 10.1. The molecule has 2 heterocycles. The molecule has 0 radical (unpaired) electrons. The summed E-state index contributed by atoms with van der Waals surface area (Å²) in [5, 5.41) is 3.08. The van der Waals surface area contributed by atoms with Gasteiger partial charge in [0.1, 0.15) is 5.82 Å². The van der Waals surface area contributed by atoms with Crippen molar-refractivity contribution in [2.75, 3.05) is 36.0 Å². The molecule has 1 aliphatic rings. The minimum atomic E-state index is -0.0895. The zero-order valence-corrected chi connectivity index (χ0v) is 18.7. The molecule has 1 amide bonds. The van der Waals surface area contributed by atoms with E-state index >= 15 is 0 Å². The summed E-state index contributed by atoms with van der Waals surface area (Å²) in [6, 6.07) is 22.5. The predicted molar refractivity (Wildman–Crippen MR) is 132 cm³/mol. The second-order valence-electron chi connectivity index (χ2n) is 8.23. The Bertz CT molecular complexity index is 1070. The highest BCUT2D eigenvalue weighted by atomic mass is 16.1. The third kappa shape index (κ3) is 5.55. The molecule has 3 aromatic rings. The Hall–Kier alpha value is -3.60. The van der Waals surface area contributed by atoms with Crippen LogP contribution in [-0.4, -0.2) is 37.1 Å². The van der Waals surface area contributed by atoms with E-state index in [-0.39, 0.29) is 11.9 Å². The number of hydrogen-bond donors (Lipinski definition) is 1. The number of carbonyl (C=O) groups excluding carboxylic acids is 1. The van der Waals surface area contributed by atoms with Gasteiger partial charge in [-0.1, -0.05) is 48.0 Å². The molecule has 0 saturated carbocycles. The molecule has 1 saturated heterocycles. The van der Waals surface area contributed by atoms with Crippen LogP contribution in [-0.2, 0) is 4.79 Å². The summed E-state index contributed by atoms with van der Waals surface area (Å²) in [7, 11) is 0. The average Bonchev–Trinajstić information content (AvgIpc) is 2.83. The molecule has 4 rings (SSSR count). The van der Waals surface area contributed by atoms with Crippen molar-refractivity contribution in [1.82, 2.24) is 10.3 Å². The van der Waals surface area contributed by atoms with E-state index in [0.717, 1.165) is 43.1 Å². The number of rotatable bonds is 6. The van der Waals surface area contributed by atoms with Crippen molar-refractivity contribution >= 4 is 23.5 Å². The fourth-order valence-corrected chi connectivity index (χ4v) is 4.02. The number of aryl methyl sites for hydroxylation is 1. The van der Waals surface area contributed by atoms with Gasteiger partial charge in [-0.05, 0) is 55.3 Å². The van der Waals surface area contributed by atoms with Gasteiger partial charge in [0.05, 0.1) is 6.04 Å². The van der Waals surface area contributed by atoms with E-state index in [1.54, 1.807) is 6.08 Å². The summed E-state index contributed by atoms with van der Waals surface area (Å²) in [4.78, 5) is 21.6. The molecule has 1 unspecified atom stereocenters. The third-order valence-electron chi connectivity index (χ3n) is 5.82. The first-order valence-electron chi connectivity index (χ1n) is 11.1. The van der Waals surface area contributed by atoms with Crippen LogP contribution in [0.3, 0.4) is 0 Å². The van der Waals surface area contributed by atoms with Crippen LogP contribution >= 0.6 is 0 Å². The number of amides is 1. The Morgan fingerprint density at radius 2 is 1.75 bits per heavy atom. The molecule has 5 heteroatoms. The highest BCUT2D eigenvalue weighted by molar-refractivity contribution is 5.92. The van der Waals surface area contributed by atoms with Crippen molar-refractivity contribution < 1.29 is 4.79 Å². The van der Waals surface area contributed by atoms with Gasteiger partial charge in [0, 0.05) is 44.1 Å². The topological polar surface area (TPSA) is 48.5 Å². The molecule has 5 nitrogen and oxygen atoms in total. The number of benzene rings is 2. The zero-order chi connectivity index (χ0) is 22.3. The van der Waals surface area contributed by atoms with E-state index in [1.165, 1.54) is 11.3 Å². The summed E-state index contributed by atoms with van der Waals surface area (Å²) >= 11 is 0. The smallest absolute Gasteiger partial charge is 0.244 e. The molecule has 2 aromatic carbocycles. The van der Waals surface area contributed by atoms with Crippen LogP contribution in [0.5, 0.6) is 0 Å². The number of pyridine rings is 1. The second kappa shape index (κ2) is 10.1. The minimum Gasteiger partial charge on any atom is -0.368 e. The normalized spacial score (nSPS) is 15.1. The monoisotopic (exact) mass is 426 g/mol. The molecule has 1 aliphatic heterocycles. The van der Waals surface area contributed by atoms with E-state index in [4.69, 9.17) is 0 Å². The maximum Gasteiger partial charge on any atom is 0.244 e. The number of carbonyl (C=O) groups is 1. The standard InChI is InChI=1S/C27H30N4O/c1-21-7-5-8-23(19-21)12-13-27(32)29-22(2)24-9-6-10-25(20-24)30-15-17-31(18-16-30)26-11-3-4-14-28-26/h3-14,19-20,22H,15-18H2,1-2H3,(H,29,32)/b13-12+. The lowest BCUT2D eigenvalue weighted by Gasteiger charge is -2.37. The Labute approximate surface area is 190 Å². The number of aromatic nitrogens is 1. The predicted octanol–water partition coefficient (Wildman–Crippen LogP) is 4.61. The summed E-state index contributed by atoms with van der Waals surface area (Å²) in [5.41, 5.74) is 4.50. The number of piperazine rings is 1. The molecular weight excluding hydrogens is 396 g/mol. The van der Waals surface area contributed by atoms with Crippen LogP contribution in [0.15, 0.2) is 79.0 Å². The number of nitrogens with one attached hydrogen (secondary N) is 1. The van der Waals surface area contributed by atoms with Crippen LogP contribution in [0, 0.1) is 6.92 Å². The van der Waals surface area contributed by atoms with Gasteiger partial charge in [-0.25, -0.2) is 4.98 Å². The maximum atomic E-state index is 12.4. The lowest BCUT2D eigenvalue weighted by molar-refractivity contribution is -0.117. The fourth-order valence-electron chi connectivity index (χ4n) is 4.02. The highest BCUT2D eigenvalue weighted by Crippen LogP contribution is 2.23. The van der Waals surface area contributed by atoms with Crippen LogP contribution in [0.4, 0.5) is 11.5 Å². The van der Waals surface area contributed by atoms with Gasteiger partial charge in [-0.2, -0.15) is 0 Å². The molecule has 1 fully saturated rings. The van der Waals surface area contributed by atoms with Crippen molar-refractivity contribution in [2.24, 2.45) is 0 Å². The van der Waals surface area contributed by atoms with Crippen molar-refractivity contribution in [2.45, 2.75) is 19.9 Å². The van der Waals surface area contributed by atoms with Crippen LogP contribution in [0.1, 0.15) is 29.7 Å². The third-order valence-corrected chi connectivity index (χ3v) is 5.82. The minimum absolute atomic E-state index is 0.0700. The Morgan fingerprint density at radius 1 is 0.969 bits per heavy atom. The summed E-state index contributed by atoms with van der Waals surface area (Å²) in [6.07, 6.45) is 5.30. The molecule has 0 aliphatic carbocycles. The summed E-state index contributed by atoms with van der Waals surface area (Å²) in [6.45, 7) is 7.84. The molecule has 1 aromatic heterocycles. The largest absolute Gasteiger partial charge is 0.368 e. The van der Waals surface area contributed by atoms with Gasteiger partial charge < -0.3 is 15.1 Å². The van der Waals surface area contributed by atoms with Crippen LogP contribution in [0.25, 0.3) is 6.08 Å². The van der Waals surface area contributed by atoms with Gasteiger partial charge in [-0.3, -0.25) is 4.79 Å². The van der Waals surface area contributed by atoms with Crippen LogP contribution in [0.2, 0.25) is 0 Å². The van der Waals surface area contributed by atoms with Crippen molar-refractivity contribution in [3.8, 4) is 0 Å². The van der Waals surface area contributed by atoms with E-state index in [0.29, 0.717) is 0 Å². The molecule has 0 spiro atoms.